The van der Waals surface area contributed by atoms with Crippen LogP contribution < -0.4 is 5.32 Å². The molecule has 1 aliphatic heterocycles. The second kappa shape index (κ2) is 7.15. The van der Waals surface area contributed by atoms with E-state index >= 15 is 0 Å². The number of likely N-dealkylation sites (N-methyl/N-ethyl adjacent to an activating group) is 1. The van der Waals surface area contributed by atoms with Crippen LogP contribution in [0.3, 0.4) is 0 Å². The lowest BCUT2D eigenvalue weighted by atomic mass is 10.2. The van der Waals surface area contributed by atoms with Gasteiger partial charge in [-0.1, -0.05) is 0 Å². The Morgan fingerprint density at radius 1 is 1.17 bits per heavy atom. The predicted molar refractivity (Wildman–Crippen MR) is 92.9 cm³/mol. The Kier molecular flexibility index (Phi) is 4.97. The molecule has 1 aliphatic rings. The summed E-state index contributed by atoms with van der Waals surface area (Å²) in [6.07, 6.45) is 3.55. The first-order valence-corrected chi connectivity index (χ1v) is 8.21. The topological polar surface area (TPSA) is 40.5 Å². The minimum Gasteiger partial charge on any atom is -0.325 e. The van der Waals surface area contributed by atoms with Crippen molar-refractivity contribution in [3.8, 4) is 5.69 Å². The molecule has 1 N–H and O–H groups in total. The van der Waals surface area contributed by atoms with Crippen LogP contribution >= 0.6 is 0 Å². The number of amides is 1. The van der Waals surface area contributed by atoms with Crippen LogP contribution in [0.25, 0.3) is 5.69 Å². The fourth-order valence-electron chi connectivity index (χ4n) is 2.91. The third-order valence-corrected chi connectivity index (χ3v) is 4.56. The third-order valence-electron chi connectivity index (χ3n) is 4.56. The predicted octanol–water partition coefficient (Wildman–Crippen LogP) is 2.19. The molecular formula is C18H23FN4O. The minimum absolute atomic E-state index is 0.0652. The molecule has 24 heavy (non-hydrogen) atoms. The fraction of sp³-hybridized carbons (Fsp3) is 0.389. The first-order chi connectivity index (χ1) is 11.5. The van der Waals surface area contributed by atoms with Crippen molar-refractivity contribution in [1.82, 2.24) is 14.4 Å². The van der Waals surface area contributed by atoms with Gasteiger partial charge in [0.15, 0.2) is 0 Å². The third kappa shape index (κ3) is 3.66. The lowest BCUT2D eigenvalue weighted by Crippen LogP contribution is -2.51. The molecule has 0 bridgehead atoms. The summed E-state index contributed by atoms with van der Waals surface area (Å²) in [6, 6.07) is 8.09. The molecule has 1 aromatic heterocycles. The number of carbonyl (C=O) groups excluding carboxylic acids is 1. The maximum atomic E-state index is 14.0. The number of nitrogens with zero attached hydrogens (tertiary/aromatic N) is 3. The van der Waals surface area contributed by atoms with Gasteiger partial charge < -0.3 is 14.8 Å². The molecular weight excluding hydrogens is 307 g/mol. The van der Waals surface area contributed by atoms with E-state index in [1.54, 1.807) is 29.1 Å². The van der Waals surface area contributed by atoms with Gasteiger partial charge in [-0.2, -0.15) is 0 Å². The number of benzene rings is 1. The summed E-state index contributed by atoms with van der Waals surface area (Å²) >= 11 is 0. The van der Waals surface area contributed by atoms with Gasteiger partial charge >= 0.3 is 0 Å². The quantitative estimate of drug-likeness (QED) is 0.934. The number of rotatable bonds is 4. The maximum absolute atomic E-state index is 14.0. The fourth-order valence-corrected chi connectivity index (χ4v) is 2.91. The van der Waals surface area contributed by atoms with Crippen LogP contribution in [0, 0.1) is 5.82 Å². The van der Waals surface area contributed by atoms with Crippen molar-refractivity contribution >= 4 is 11.6 Å². The van der Waals surface area contributed by atoms with Crippen LogP contribution in [0.1, 0.15) is 6.92 Å². The van der Waals surface area contributed by atoms with E-state index < -0.39 is 0 Å². The molecule has 128 valence electrons. The summed E-state index contributed by atoms with van der Waals surface area (Å²) < 4.78 is 15.7. The van der Waals surface area contributed by atoms with E-state index in [4.69, 9.17) is 0 Å². The summed E-state index contributed by atoms with van der Waals surface area (Å²) in [5.74, 6) is -0.388. The smallest absolute Gasteiger partial charge is 0.241 e. The van der Waals surface area contributed by atoms with Gasteiger partial charge in [0.2, 0.25) is 5.91 Å². The summed E-state index contributed by atoms with van der Waals surface area (Å²) in [5.41, 5.74) is 1.02. The largest absolute Gasteiger partial charge is 0.325 e. The first kappa shape index (κ1) is 16.7. The molecule has 6 heteroatoms. The molecule has 1 atom stereocenters. The SMILES string of the molecule is C[C@H](C(=O)Nc1ccc(F)c(-n2cccc2)c1)N1CCN(C)CC1. The van der Waals surface area contributed by atoms with Crippen molar-refractivity contribution < 1.29 is 9.18 Å². The number of hydrogen-bond acceptors (Lipinski definition) is 3. The van der Waals surface area contributed by atoms with Gasteiger partial charge in [-0.15, -0.1) is 0 Å². The summed E-state index contributed by atoms with van der Waals surface area (Å²) in [4.78, 5) is 16.9. The zero-order valence-corrected chi connectivity index (χ0v) is 14.1. The molecule has 0 aliphatic carbocycles. The van der Waals surface area contributed by atoms with Gasteiger partial charge in [0.1, 0.15) is 5.82 Å². The van der Waals surface area contributed by atoms with E-state index in [9.17, 15) is 9.18 Å². The molecule has 1 fully saturated rings. The number of piperazine rings is 1. The molecule has 1 saturated heterocycles. The average Bonchev–Trinajstić information content (AvgIpc) is 3.11. The normalized spacial score (nSPS) is 17.6. The number of aromatic nitrogens is 1. The average molecular weight is 330 g/mol. The highest BCUT2D eigenvalue weighted by Crippen LogP contribution is 2.19. The second-order valence-electron chi connectivity index (χ2n) is 6.26. The molecule has 0 unspecified atom stereocenters. The first-order valence-electron chi connectivity index (χ1n) is 8.21. The van der Waals surface area contributed by atoms with E-state index in [-0.39, 0.29) is 17.8 Å². The zero-order valence-electron chi connectivity index (χ0n) is 14.1. The van der Waals surface area contributed by atoms with E-state index in [0.29, 0.717) is 11.4 Å². The highest BCUT2D eigenvalue weighted by molar-refractivity contribution is 5.94. The van der Waals surface area contributed by atoms with Gasteiger partial charge in [-0.25, -0.2) is 4.39 Å². The lowest BCUT2D eigenvalue weighted by Gasteiger charge is -2.35. The van der Waals surface area contributed by atoms with Gasteiger partial charge in [0.05, 0.1) is 11.7 Å². The van der Waals surface area contributed by atoms with Crippen molar-refractivity contribution in [2.45, 2.75) is 13.0 Å². The van der Waals surface area contributed by atoms with Crippen LogP contribution in [0.2, 0.25) is 0 Å². The number of halogens is 1. The lowest BCUT2D eigenvalue weighted by molar-refractivity contribution is -0.121. The maximum Gasteiger partial charge on any atom is 0.241 e. The van der Waals surface area contributed by atoms with E-state index in [1.807, 2.05) is 19.1 Å². The Bertz CT molecular complexity index is 693. The number of carbonyl (C=O) groups is 1. The molecule has 0 spiro atoms. The van der Waals surface area contributed by atoms with Gasteiger partial charge in [-0.05, 0) is 44.3 Å². The Morgan fingerprint density at radius 3 is 2.50 bits per heavy atom. The molecule has 2 aromatic rings. The zero-order chi connectivity index (χ0) is 17.1. The Labute approximate surface area is 141 Å². The van der Waals surface area contributed by atoms with Crippen LogP contribution in [0.4, 0.5) is 10.1 Å². The van der Waals surface area contributed by atoms with E-state index in [0.717, 1.165) is 26.2 Å². The highest BCUT2D eigenvalue weighted by Gasteiger charge is 2.24. The Hall–Kier alpha value is -2.18. The van der Waals surface area contributed by atoms with E-state index in [1.165, 1.54) is 6.07 Å². The van der Waals surface area contributed by atoms with Gasteiger partial charge in [0.25, 0.3) is 0 Å². The summed E-state index contributed by atoms with van der Waals surface area (Å²) in [5, 5.41) is 2.91. The number of nitrogens with one attached hydrogen (secondary N) is 1. The van der Waals surface area contributed by atoms with Crippen molar-refractivity contribution in [2.75, 3.05) is 38.5 Å². The van der Waals surface area contributed by atoms with Crippen molar-refractivity contribution in [2.24, 2.45) is 0 Å². The van der Waals surface area contributed by atoms with Gasteiger partial charge in [0, 0.05) is 44.3 Å². The standard InChI is InChI=1S/C18H23FN4O/c1-14(22-11-9-21(2)10-12-22)18(24)20-15-5-6-16(19)17(13-15)23-7-3-4-8-23/h3-8,13-14H,9-12H2,1-2H3,(H,20,24)/t14-/m1/s1. The second-order valence-corrected chi connectivity index (χ2v) is 6.26. The summed E-state index contributed by atoms with van der Waals surface area (Å²) in [7, 11) is 2.09. The van der Waals surface area contributed by atoms with Crippen molar-refractivity contribution in [1.29, 1.82) is 0 Å². The molecule has 0 radical (unpaired) electrons. The molecule has 5 nitrogen and oxygen atoms in total. The number of hydrogen-bond donors (Lipinski definition) is 1. The molecule has 1 aromatic carbocycles. The van der Waals surface area contributed by atoms with Crippen LogP contribution in [-0.4, -0.2) is 59.5 Å². The minimum atomic E-state index is -0.323. The Balaban J connectivity index is 1.69. The van der Waals surface area contributed by atoms with E-state index in [2.05, 4.69) is 22.2 Å². The monoisotopic (exact) mass is 330 g/mol. The van der Waals surface area contributed by atoms with Crippen LogP contribution in [0.5, 0.6) is 0 Å². The van der Waals surface area contributed by atoms with Gasteiger partial charge in [-0.3, -0.25) is 9.69 Å². The summed E-state index contributed by atoms with van der Waals surface area (Å²) in [6.45, 7) is 5.60. The molecule has 3 rings (SSSR count). The molecule has 0 saturated carbocycles. The highest BCUT2D eigenvalue weighted by atomic mass is 19.1. The Morgan fingerprint density at radius 2 is 1.83 bits per heavy atom. The van der Waals surface area contributed by atoms with Crippen LogP contribution in [0.15, 0.2) is 42.7 Å². The molecule has 2 heterocycles. The number of anilines is 1. The van der Waals surface area contributed by atoms with Crippen molar-refractivity contribution in [3.05, 3.63) is 48.5 Å². The molecule has 1 amide bonds. The van der Waals surface area contributed by atoms with Crippen LogP contribution in [-0.2, 0) is 4.79 Å². The van der Waals surface area contributed by atoms with Crippen molar-refractivity contribution in [3.63, 3.8) is 0 Å².